The summed E-state index contributed by atoms with van der Waals surface area (Å²) in [5, 5.41) is 0. The molecule has 1 aliphatic rings. The van der Waals surface area contributed by atoms with E-state index in [1.165, 1.54) is 5.56 Å². The zero-order valence-electron chi connectivity index (χ0n) is 13.9. The van der Waals surface area contributed by atoms with Crippen molar-refractivity contribution in [3.8, 4) is 0 Å². The molecule has 2 N–H and O–H groups in total. The summed E-state index contributed by atoms with van der Waals surface area (Å²) < 4.78 is 0. The third-order valence-electron chi connectivity index (χ3n) is 4.85. The highest BCUT2D eigenvalue weighted by molar-refractivity contribution is 5.99. The van der Waals surface area contributed by atoms with Gasteiger partial charge in [-0.2, -0.15) is 0 Å². The van der Waals surface area contributed by atoms with Gasteiger partial charge in [0.25, 0.3) is 5.91 Å². The summed E-state index contributed by atoms with van der Waals surface area (Å²) in [4.78, 5) is 26.1. The number of likely N-dealkylation sites (tertiary alicyclic amines) is 1. The summed E-state index contributed by atoms with van der Waals surface area (Å²) in [5.41, 5.74) is 7.41. The Morgan fingerprint density at radius 3 is 2.46 bits per heavy atom. The van der Waals surface area contributed by atoms with Crippen molar-refractivity contribution in [2.24, 2.45) is 5.73 Å². The molecule has 2 aromatic rings. The molecule has 0 aliphatic carbocycles. The molecular formula is C20H22N2O2. The maximum atomic E-state index is 12.9. The largest absolute Gasteiger partial charge is 0.366 e. The van der Waals surface area contributed by atoms with Crippen molar-refractivity contribution in [2.45, 2.75) is 25.2 Å². The number of hydrogen-bond acceptors (Lipinski definition) is 2. The SMILES string of the molecule is CC1(c2ccccc2)CCCN(C(=O)c2cccc(C(N)=O)c2)C1. The summed E-state index contributed by atoms with van der Waals surface area (Å²) in [6.45, 7) is 3.63. The first-order chi connectivity index (χ1) is 11.5. The fraction of sp³-hybridized carbons (Fsp3) is 0.300. The molecule has 1 atom stereocenters. The first-order valence-electron chi connectivity index (χ1n) is 8.24. The van der Waals surface area contributed by atoms with Gasteiger partial charge >= 0.3 is 0 Å². The van der Waals surface area contributed by atoms with E-state index in [-0.39, 0.29) is 11.3 Å². The Morgan fingerprint density at radius 1 is 1.04 bits per heavy atom. The zero-order valence-corrected chi connectivity index (χ0v) is 13.9. The molecule has 4 nitrogen and oxygen atoms in total. The van der Waals surface area contributed by atoms with Crippen LogP contribution in [-0.2, 0) is 5.41 Å². The first-order valence-corrected chi connectivity index (χ1v) is 8.24. The topological polar surface area (TPSA) is 63.4 Å². The van der Waals surface area contributed by atoms with Crippen LogP contribution in [-0.4, -0.2) is 29.8 Å². The summed E-state index contributed by atoms with van der Waals surface area (Å²) in [6.07, 6.45) is 2.02. The van der Waals surface area contributed by atoms with Gasteiger partial charge in [-0.05, 0) is 36.6 Å². The van der Waals surface area contributed by atoms with Crippen LogP contribution in [0, 0.1) is 0 Å². The van der Waals surface area contributed by atoms with E-state index in [1.54, 1.807) is 24.3 Å². The van der Waals surface area contributed by atoms with Gasteiger partial charge < -0.3 is 10.6 Å². The van der Waals surface area contributed by atoms with E-state index >= 15 is 0 Å². The Kier molecular flexibility index (Phi) is 4.38. The van der Waals surface area contributed by atoms with Gasteiger partial charge in [0.1, 0.15) is 0 Å². The minimum Gasteiger partial charge on any atom is -0.366 e. The third kappa shape index (κ3) is 3.18. The molecular weight excluding hydrogens is 300 g/mol. The Bertz CT molecular complexity index is 757. The molecule has 1 saturated heterocycles. The zero-order chi connectivity index (χ0) is 17.2. The molecule has 0 aromatic heterocycles. The van der Waals surface area contributed by atoms with Gasteiger partial charge in [0.05, 0.1) is 0 Å². The van der Waals surface area contributed by atoms with Crippen LogP contribution < -0.4 is 5.73 Å². The number of piperidine rings is 1. The molecule has 1 unspecified atom stereocenters. The fourth-order valence-corrected chi connectivity index (χ4v) is 3.48. The van der Waals surface area contributed by atoms with E-state index in [2.05, 4.69) is 19.1 Å². The predicted molar refractivity (Wildman–Crippen MR) is 93.9 cm³/mol. The number of carbonyl (C=O) groups is 2. The Hall–Kier alpha value is -2.62. The highest BCUT2D eigenvalue weighted by Crippen LogP contribution is 2.34. The van der Waals surface area contributed by atoms with Crippen molar-refractivity contribution in [3.05, 3.63) is 71.3 Å². The number of hydrogen-bond donors (Lipinski definition) is 1. The summed E-state index contributed by atoms with van der Waals surface area (Å²) >= 11 is 0. The van der Waals surface area contributed by atoms with Gasteiger partial charge in [-0.1, -0.05) is 43.3 Å². The van der Waals surface area contributed by atoms with Crippen LogP contribution in [0.15, 0.2) is 54.6 Å². The highest BCUT2D eigenvalue weighted by Gasteiger charge is 2.34. The van der Waals surface area contributed by atoms with E-state index in [0.717, 1.165) is 19.4 Å². The van der Waals surface area contributed by atoms with E-state index in [9.17, 15) is 9.59 Å². The number of benzene rings is 2. The number of primary amides is 1. The maximum absolute atomic E-state index is 12.9. The lowest BCUT2D eigenvalue weighted by atomic mass is 9.76. The van der Waals surface area contributed by atoms with E-state index in [4.69, 9.17) is 5.73 Å². The quantitative estimate of drug-likeness (QED) is 0.944. The monoisotopic (exact) mass is 322 g/mol. The number of nitrogens with two attached hydrogens (primary N) is 1. The second-order valence-electron chi connectivity index (χ2n) is 6.70. The van der Waals surface area contributed by atoms with Gasteiger partial charge in [0, 0.05) is 29.6 Å². The average molecular weight is 322 g/mol. The highest BCUT2D eigenvalue weighted by atomic mass is 16.2. The molecule has 124 valence electrons. The molecule has 0 spiro atoms. The lowest BCUT2D eigenvalue weighted by molar-refractivity contribution is 0.0651. The number of rotatable bonds is 3. The molecule has 0 radical (unpaired) electrons. The van der Waals surface area contributed by atoms with Crippen LogP contribution in [0.4, 0.5) is 0 Å². The normalized spacial score (nSPS) is 20.6. The van der Waals surface area contributed by atoms with Crippen LogP contribution >= 0.6 is 0 Å². The molecule has 24 heavy (non-hydrogen) atoms. The Labute approximate surface area is 142 Å². The van der Waals surface area contributed by atoms with Crippen molar-refractivity contribution in [2.75, 3.05) is 13.1 Å². The molecule has 1 aliphatic heterocycles. The standard InChI is InChI=1S/C20H22N2O2/c1-20(17-9-3-2-4-10-17)11-6-12-22(14-20)19(24)16-8-5-7-15(13-16)18(21)23/h2-5,7-10,13H,6,11-12,14H2,1H3,(H2,21,23). The smallest absolute Gasteiger partial charge is 0.253 e. The predicted octanol–water partition coefficient (Wildman–Crippen LogP) is 2.98. The number of amides is 2. The van der Waals surface area contributed by atoms with Gasteiger partial charge in [0.2, 0.25) is 5.91 Å². The fourth-order valence-electron chi connectivity index (χ4n) is 3.48. The van der Waals surface area contributed by atoms with Crippen LogP contribution in [0.5, 0.6) is 0 Å². The molecule has 2 aromatic carbocycles. The lowest BCUT2D eigenvalue weighted by Gasteiger charge is -2.41. The molecule has 0 bridgehead atoms. The molecule has 4 heteroatoms. The molecule has 1 heterocycles. The van der Waals surface area contributed by atoms with Crippen LogP contribution in [0.2, 0.25) is 0 Å². The molecule has 0 saturated carbocycles. The lowest BCUT2D eigenvalue weighted by Crippen LogP contribution is -2.47. The van der Waals surface area contributed by atoms with Crippen LogP contribution in [0.1, 0.15) is 46.0 Å². The van der Waals surface area contributed by atoms with E-state index in [1.807, 2.05) is 23.1 Å². The van der Waals surface area contributed by atoms with Crippen LogP contribution in [0.25, 0.3) is 0 Å². The Morgan fingerprint density at radius 2 is 1.75 bits per heavy atom. The Balaban J connectivity index is 1.83. The number of nitrogens with zero attached hydrogens (tertiary/aromatic N) is 1. The maximum Gasteiger partial charge on any atom is 0.253 e. The second kappa shape index (κ2) is 6.48. The molecule has 3 rings (SSSR count). The van der Waals surface area contributed by atoms with E-state index < -0.39 is 5.91 Å². The molecule has 2 amide bonds. The molecule has 1 fully saturated rings. The van der Waals surface area contributed by atoms with E-state index in [0.29, 0.717) is 17.7 Å². The van der Waals surface area contributed by atoms with Crippen molar-refractivity contribution in [1.29, 1.82) is 0 Å². The third-order valence-corrected chi connectivity index (χ3v) is 4.85. The second-order valence-corrected chi connectivity index (χ2v) is 6.70. The first kappa shape index (κ1) is 16.2. The number of carbonyl (C=O) groups excluding carboxylic acids is 2. The van der Waals surface area contributed by atoms with Crippen LogP contribution in [0.3, 0.4) is 0 Å². The van der Waals surface area contributed by atoms with Crippen molar-refractivity contribution in [3.63, 3.8) is 0 Å². The van der Waals surface area contributed by atoms with Crippen molar-refractivity contribution >= 4 is 11.8 Å². The minimum atomic E-state index is -0.516. The minimum absolute atomic E-state index is 0.0417. The van der Waals surface area contributed by atoms with Gasteiger partial charge in [-0.25, -0.2) is 0 Å². The summed E-state index contributed by atoms with van der Waals surface area (Å²) in [6, 6.07) is 17.0. The van der Waals surface area contributed by atoms with Gasteiger partial charge in [0.15, 0.2) is 0 Å². The van der Waals surface area contributed by atoms with Gasteiger partial charge in [-0.15, -0.1) is 0 Å². The van der Waals surface area contributed by atoms with Crippen molar-refractivity contribution < 1.29 is 9.59 Å². The average Bonchev–Trinajstić information content (AvgIpc) is 2.62. The summed E-state index contributed by atoms with van der Waals surface area (Å²) in [5.74, 6) is -0.558. The van der Waals surface area contributed by atoms with Gasteiger partial charge in [-0.3, -0.25) is 9.59 Å². The van der Waals surface area contributed by atoms with Crippen molar-refractivity contribution in [1.82, 2.24) is 4.90 Å². The summed E-state index contributed by atoms with van der Waals surface area (Å²) in [7, 11) is 0.